The van der Waals surface area contributed by atoms with Crippen LogP contribution >= 0.6 is 15.9 Å². The zero-order valence-corrected chi connectivity index (χ0v) is 10.5. The van der Waals surface area contributed by atoms with Crippen molar-refractivity contribution >= 4 is 15.9 Å². The van der Waals surface area contributed by atoms with E-state index >= 15 is 0 Å². The topological polar surface area (TPSA) is 25.2 Å². The number of rotatable bonds is 5. The van der Waals surface area contributed by atoms with Gasteiger partial charge in [-0.15, -0.1) is 0 Å². The van der Waals surface area contributed by atoms with Crippen LogP contribution in [0.5, 0.6) is 0 Å². The second kappa shape index (κ2) is 5.87. The lowest BCUT2D eigenvalue weighted by atomic mass is 10.2. The summed E-state index contributed by atoms with van der Waals surface area (Å²) in [5.74, 6) is 1.03. The highest BCUT2D eigenvalue weighted by Crippen LogP contribution is 2.11. The van der Waals surface area contributed by atoms with E-state index in [1.165, 1.54) is 5.56 Å². The number of benzene rings is 1. The van der Waals surface area contributed by atoms with E-state index in [9.17, 15) is 0 Å². The summed E-state index contributed by atoms with van der Waals surface area (Å²) in [6.07, 6.45) is 2.64. The molecule has 2 rings (SSSR count). The molecule has 0 aliphatic rings. The molecule has 16 heavy (non-hydrogen) atoms. The highest BCUT2D eigenvalue weighted by atomic mass is 79.9. The van der Waals surface area contributed by atoms with Crippen molar-refractivity contribution in [3.05, 3.63) is 58.5 Å². The van der Waals surface area contributed by atoms with Crippen LogP contribution < -0.4 is 5.32 Å². The maximum Gasteiger partial charge on any atom is 0.105 e. The lowest BCUT2D eigenvalue weighted by molar-refractivity contribution is 0.499. The first-order valence-electron chi connectivity index (χ1n) is 5.32. The Balaban J connectivity index is 1.72. The van der Waals surface area contributed by atoms with Gasteiger partial charge in [0.15, 0.2) is 0 Å². The van der Waals surface area contributed by atoms with Crippen LogP contribution in [0.4, 0.5) is 0 Å². The van der Waals surface area contributed by atoms with Gasteiger partial charge in [-0.05, 0) is 29.8 Å². The predicted octanol–water partition coefficient (Wildman–Crippen LogP) is 3.37. The molecule has 2 nitrogen and oxygen atoms in total. The molecule has 0 amide bonds. The molecule has 2 aromatic rings. The second-order valence-corrected chi connectivity index (χ2v) is 4.55. The minimum Gasteiger partial charge on any atom is -0.469 e. The van der Waals surface area contributed by atoms with E-state index in [0.29, 0.717) is 0 Å². The number of furan rings is 1. The lowest BCUT2D eigenvalue weighted by Gasteiger charge is -2.04. The number of halogens is 1. The summed E-state index contributed by atoms with van der Waals surface area (Å²) in [5.41, 5.74) is 1.29. The van der Waals surface area contributed by atoms with Gasteiger partial charge in [0, 0.05) is 24.0 Å². The second-order valence-electron chi connectivity index (χ2n) is 3.64. The zero-order valence-electron chi connectivity index (χ0n) is 8.95. The van der Waals surface area contributed by atoms with Crippen LogP contribution in [0, 0.1) is 0 Å². The molecule has 0 saturated heterocycles. The first kappa shape index (κ1) is 11.4. The van der Waals surface area contributed by atoms with Crippen molar-refractivity contribution in [2.24, 2.45) is 0 Å². The fraction of sp³-hybridized carbons (Fsp3) is 0.231. The lowest BCUT2D eigenvalue weighted by Crippen LogP contribution is -2.16. The van der Waals surface area contributed by atoms with E-state index in [1.54, 1.807) is 6.26 Å². The smallest absolute Gasteiger partial charge is 0.105 e. The van der Waals surface area contributed by atoms with E-state index in [-0.39, 0.29) is 0 Å². The molecule has 1 heterocycles. The van der Waals surface area contributed by atoms with Gasteiger partial charge < -0.3 is 9.73 Å². The molecule has 1 aromatic heterocycles. The SMILES string of the molecule is Brc1cccc(CNCCc2ccco2)c1. The number of nitrogens with one attached hydrogen (secondary N) is 1. The Morgan fingerprint density at radius 3 is 2.88 bits per heavy atom. The molecule has 1 aromatic carbocycles. The Kier molecular flexibility index (Phi) is 4.19. The van der Waals surface area contributed by atoms with Crippen LogP contribution in [0.15, 0.2) is 51.6 Å². The Morgan fingerprint density at radius 2 is 2.12 bits per heavy atom. The van der Waals surface area contributed by atoms with Crippen molar-refractivity contribution in [2.45, 2.75) is 13.0 Å². The Morgan fingerprint density at radius 1 is 1.19 bits per heavy atom. The minimum atomic E-state index is 0.889. The van der Waals surface area contributed by atoms with Crippen LogP contribution in [0.3, 0.4) is 0 Å². The molecule has 0 radical (unpaired) electrons. The Bertz CT molecular complexity index is 425. The van der Waals surface area contributed by atoms with E-state index in [0.717, 1.165) is 29.7 Å². The van der Waals surface area contributed by atoms with E-state index in [2.05, 4.69) is 33.4 Å². The standard InChI is InChI=1S/C13H14BrNO/c14-12-4-1-3-11(9-12)10-15-7-6-13-5-2-8-16-13/h1-5,8-9,15H,6-7,10H2. The van der Waals surface area contributed by atoms with Gasteiger partial charge >= 0.3 is 0 Å². The van der Waals surface area contributed by atoms with Crippen molar-refractivity contribution in [3.8, 4) is 0 Å². The van der Waals surface area contributed by atoms with Gasteiger partial charge in [0.1, 0.15) is 5.76 Å². The van der Waals surface area contributed by atoms with Crippen LogP contribution in [-0.2, 0) is 13.0 Å². The van der Waals surface area contributed by atoms with E-state index < -0.39 is 0 Å². The zero-order chi connectivity index (χ0) is 11.2. The monoisotopic (exact) mass is 279 g/mol. The molecule has 84 valence electrons. The number of hydrogen-bond acceptors (Lipinski definition) is 2. The van der Waals surface area contributed by atoms with Gasteiger partial charge in [-0.3, -0.25) is 0 Å². The molecule has 3 heteroatoms. The quantitative estimate of drug-likeness (QED) is 0.849. The van der Waals surface area contributed by atoms with Crippen molar-refractivity contribution in [1.29, 1.82) is 0 Å². The average molecular weight is 280 g/mol. The summed E-state index contributed by atoms with van der Waals surface area (Å²) in [6.45, 7) is 1.82. The van der Waals surface area contributed by atoms with Gasteiger partial charge in [0.25, 0.3) is 0 Å². The molecule has 0 bridgehead atoms. The summed E-state index contributed by atoms with van der Waals surface area (Å²) in [4.78, 5) is 0. The Hall–Kier alpha value is -1.06. The Labute approximate surface area is 104 Å². The molecule has 0 aliphatic heterocycles. The normalized spacial score (nSPS) is 10.6. The molecule has 1 N–H and O–H groups in total. The van der Waals surface area contributed by atoms with Gasteiger partial charge in [-0.1, -0.05) is 28.1 Å². The third-order valence-corrected chi connectivity index (χ3v) is 2.84. The minimum absolute atomic E-state index is 0.889. The van der Waals surface area contributed by atoms with Crippen LogP contribution in [0.1, 0.15) is 11.3 Å². The summed E-state index contributed by atoms with van der Waals surface area (Å²) < 4.78 is 6.38. The number of hydrogen-bond donors (Lipinski definition) is 1. The van der Waals surface area contributed by atoms with Crippen LogP contribution in [0.25, 0.3) is 0 Å². The van der Waals surface area contributed by atoms with Crippen molar-refractivity contribution < 1.29 is 4.42 Å². The summed E-state index contributed by atoms with van der Waals surface area (Å²) in [5, 5.41) is 3.39. The first-order valence-corrected chi connectivity index (χ1v) is 6.11. The molecular weight excluding hydrogens is 266 g/mol. The van der Waals surface area contributed by atoms with E-state index in [1.807, 2.05) is 24.3 Å². The average Bonchev–Trinajstić information content (AvgIpc) is 2.77. The maximum absolute atomic E-state index is 5.26. The van der Waals surface area contributed by atoms with Gasteiger partial charge in [0.2, 0.25) is 0 Å². The maximum atomic E-state index is 5.26. The first-order chi connectivity index (χ1) is 7.84. The van der Waals surface area contributed by atoms with Gasteiger partial charge in [-0.2, -0.15) is 0 Å². The molecule has 0 unspecified atom stereocenters. The fourth-order valence-electron chi connectivity index (χ4n) is 1.55. The molecule has 0 atom stereocenters. The van der Waals surface area contributed by atoms with E-state index in [4.69, 9.17) is 4.42 Å². The fourth-order valence-corrected chi connectivity index (χ4v) is 1.99. The van der Waals surface area contributed by atoms with Gasteiger partial charge in [0.05, 0.1) is 6.26 Å². The van der Waals surface area contributed by atoms with Crippen molar-refractivity contribution in [2.75, 3.05) is 6.54 Å². The third-order valence-electron chi connectivity index (χ3n) is 2.35. The highest BCUT2D eigenvalue weighted by molar-refractivity contribution is 9.10. The molecule has 0 spiro atoms. The highest BCUT2D eigenvalue weighted by Gasteiger charge is 1.96. The summed E-state index contributed by atoms with van der Waals surface area (Å²) >= 11 is 3.46. The molecule has 0 aliphatic carbocycles. The third kappa shape index (κ3) is 3.51. The van der Waals surface area contributed by atoms with Gasteiger partial charge in [-0.25, -0.2) is 0 Å². The predicted molar refractivity (Wildman–Crippen MR) is 68.3 cm³/mol. The summed E-state index contributed by atoms with van der Waals surface area (Å²) in [6, 6.07) is 12.2. The van der Waals surface area contributed by atoms with Crippen molar-refractivity contribution in [1.82, 2.24) is 5.32 Å². The molecule has 0 fully saturated rings. The largest absolute Gasteiger partial charge is 0.469 e. The van der Waals surface area contributed by atoms with Crippen LogP contribution in [-0.4, -0.2) is 6.54 Å². The summed E-state index contributed by atoms with van der Waals surface area (Å²) in [7, 11) is 0. The molecule has 0 saturated carbocycles. The molecular formula is C13H14BrNO. The van der Waals surface area contributed by atoms with Crippen LogP contribution in [0.2, 0.25) is 0 Å². The van der Waals surface area contributed by atoms with Crippen molar-refractivity contribution in [3.63, 3.8) is 0 Å².